The molecule has 122 valence electrons. The fourth-order valence-electron chi connectivity index (χ4n) is 3.63. The molecule has 1 amide bonds. The van der Waals surface area contributed by atoms with E-state index >= 15 is 0 Å². The number of amides is 1. The average molecular weight is 319 g/mol. The van der Waals surface area contributed by atoms with Crippen LogP contribution in [0.5, 0.6) is 0 Å². The third-order valence-electron chi connectivity index (χ3n) is 4.99. The van der Waals surface area contributed by atoms with E-state index in [1.54, 1.807) is 0 Å². The van der Waals surface area contributed by atoms with Gasteiger partial charge < -0.3 is 4.90 Å². The minimum atomic E-state index is 0.213. The Bertz CT molecular complexity index is 883. The highest BCUT2D eigenvalue weighted by Crippen LogP contribution is 2.28. The van der Waals surface area contributed by atoms with E-state index in [0.717, 1.165) is 25.1 Å². The fourth-order valence-corrected chi connectivity index (χ4v) is 3.63. The molecule has 4 heteroatoms. The number of hydrogen-bond acceptors (Lipinski definition) is 2. The molecular weight excluding hydrogens is 298 g/mol. The maximum absolute atomic E-state index is 12.7. The smallest absolute Gasteiger partial charge is 0.227 e. The number of benzene rings is 2. The molecule has 4 rings (SSSR count). The van der Waals surface area contributed by atoms with Gasteiger partial charge in [0, 0.05) is 24.7 Å². The number of fused-ring (bicyclic) bond motifs is 1. The maximum atomic E-state index is 12.7. The Balaban J connectivity index is 1.45. The van der Waals surface area contributed by atoms with Crippen LogP contribution in [0.1, 0.15) is 29.2 Å². The molecule has 0 unspecified atom stereocenters. The van der Waals surface area contributed by atoms with E-state index in [1.165, 1.54) is 22.0 Å². The lowest BCUT2D eigenvalue weighted by Crippen LogP contribution is -2.30. The molecule has 1 aromatic heterocycles. The van der Waals surface area contributed by atoms with Gasteiger partial charge >= 0.3 is 0 Å². The van der Waals surface area contributed by atoms with Gasteiger partial charge in [0.05, 0.1) is 12.6 Å². The first-order chi connectivity index (χ1) is 11.7. The van der Waals surface area contributed by atoms with Crippen LogP contribution in [0.2, 0.25) is 0 Å². The zero-order chi connectivity index (χ0) is 16.5. The fraction of sp³-hybridized carbons (Fsp3) is 0.300. The summed E-state index contributed by atoms with van der Waals surface area (Å²) in [4.78, 5) is 14.6. The Hall–Kier alpha value is -2.62. The first-order valence-corrected chi connectivity index (χ1v) is 8.46. The van der Waals surface area contributed by atoms with Crippen molar-refractivity contribution in [2.45, 2.75) is 25.7 Å². The van der Waals surface area contributed by atoms with Crippen molar-refractivity contribution in [1.29, 1.82) is 0 Å². The summed E-state index contributed by atoms with van der Waals surface area (Å²) < 4.78 is 0. The number of nitrogens with zero attached hydrogens (tertiary/aromatic N) is 2. The van der Waals surface area contributed by atoms with Gasteiger partial charge in [-0.2, -0.15) is 5.10 Å². The van der Waals surface area contributed by atoms with Crippen LogP contribution in [-0.2, 0) is 11.2 Å². The molecule has 4 nitrogen and oxygen atoms in total. The highest BCUT2D eigenvalue weighted by atomic mass is 16.2. The van der Waals surface area contributed by atoms with Crippen molar-refractivity contribution in [3.63, 3.8) is 0 Å². The summed E-state index contributed by atoms with van der Waals surface area (Å²) in [6.07, 6.45) is 3.33. The summed E-state index contributed by atoms with van der Waals surface area (Å²) in [6, 6.07) is 14.5. The molecule has 1 atom stereocenters. The lowest BCUT2D eigenvalue weighted by Gasteiger charge is -2.17. The Morgan fingerprint density at radius 3 is 2.88 bits per heavy atom. The second kappa shape index (κ2) is 6.11. The van der Waals surface area contributed by atoms with Crippen molar-refractivity contribution in [3.05, 3.63) is 65.5 Å². The van der Waals surface area contributed by atoms with Crippen molar-refractivity contribution in [3.8, 4) is 0 Å². The molecular formula is C20H21N3O. The number of aromatic amines is 1. The zero-order valence-electron chi connectivity index (χ0n) is 13.8. The largest absolute Gasteiger partial charge is 0.342 e. The van der Waals surface area contributed by atoms with Crippen molar-refractivity contribution in [2.75, 3.05) is 13.1 Å². The predicted octanol–water partition coefficient (Wildman–Crippen LogP) is 3.43. The number of carbonyl (C=O) groups excluding carboxylic acids is 1. The van der Waals surface area contributed by atoms with Gasteiger partial charge in [0.1, 0.15) is 0 Å². The van der Waals surface area contributed by atoms with E-state index in [0.29, 0.717) is 12.3 Å². The topological polar surface area (TPSA) is 49.0 Å². The zero-order valence-corrected chi connectivity index (χ0v) is 13.8. The number of rotatable bonds is 3. The van der Waals surface area contributed by atoms with Crippen LogP contribution in [0.15, 0.2) is 48.7 Å². The van der Waals surface area contributed by atoms with Gasteiger partial charge in [-0.25, -0.2) is 0 Å². The molecule has 1 aliphatic heterocycles. The number of H-pyrrole nitrogens is 1. The lowest BCUT2D eigenvalue weighted by molar-refractivity contribution is -0.129. The van der Waals surface area contributed by atoms with Crippen LogP contribution >= 0.6 is 0 Å². The molecule has 1 saturated heterocycles. The van der Waals surface area contributed by atoms with Gasteiger partial charge in [0.25, 0.3) is 0 Å². The third-order valence-corrected chi connectivity index (χ3v) is 4.99. The highest BCUT2D eigenvalue weighted by Gasteiger charge is 2.29. The summed E-state index contributed by atoms with van der Waals surface area (Å²) >= 11 is 0. The number of carbonyl (C=O) groups is 1. The molecule has 1 N–H and O–H groups in total. The van der Waals surface area contributed by atoms with Crippen LogP contribution in [0.4, 0.5) is 0 Å². The Labute approximate surface area is 141 Å². The number of likely N-dealkylation sites (tertiary alicyclic amines) is 1. The number of aryl methyl sites for hydroxylation is 1. The molecule has 1 aliphatic rings. The molecule has 0 bridgehead atoms. The van der Waals surface area contributed by atoms with E-state index in [4.69, 9.17) is 0 Å². The quantitative estimate of drug-likeness (QED) is 0.804. The summed E-state index contributed by atoms with van der Waals surface area (Å²) in [5.74, 6) is 0.595. The minimum absolute atomic E-state index is 0.213. The van der Waals surface area contributed by atoms with E-state index in [1.807, 2.05) is 23.2 Å². The average Bonchev–Trinajstić information content (AvgIpc) is 3.23. The molecule has 2 heterocycles. The molecule has 0 radical (unpaired) electrons. The highest BCUT2D eigenvalue weighted by molar-refractivity contribution is 5.85. The minimum Gasteiger partial charge on any atom is -0.342 e. The Morgan fingerprint density at radius 2 is 2.08 bits per heavy atom. The van der Waals surface area contributed by atoms with Crippen molar-refractivity contribution < 1.29 is 4.79 Å². The summed E-state index contributed by atoms with van der Waals surface area (Å²) in [6.45, 7) is 3.68. The van der Waals surface area contributed by atoms with E-state index in [-0.39, 0.29) is 5.91 Å². The lowest BCUT2D eigenvalue weighted by atomic mass is 10.0. The molecule has 24 heavy (non-hydrogen) atoms. The molecule has 1 fully saturated rings. The molecule has 0 spiro atoms. The monoisotopic (exact) mass is 319 g/mol. The van der Waals surface area contributed by atoms with Gasteiger partial charge in [0.15, 0.2) is 0 Å². The first kappa shape index (κ1) is 14.9. The van der Waals surface area contributed by atoms with Crippen LogP contribution in [0.3, 0.4) is 0 Å². The van der Waals surface area contributed by atoms with Gasteiger partial charge in [-0.15, -0.1) is 0 Å². The van der Waals surface area contributed by atoms with Gasteiger partial charge in [-0.05, 0) is 35.2 Å². The van der Waals surface area contributed by atoms with Crippen molar-refractivity contribution in [2.24, 2.45) is 0 Å². The van der Waals surface area contributed by atoms with Crippen LogP contribution < -0.4 is 0 Å². The normalized spacial score (nSPS) is 17.5. The molecule has 3 aromatic rings. The van der Waals surface area contributed by atoms with Crippen LogP contribution in [-0.4, -0.2) is 34.1 Å². The van der Waals surface area contributed by atoms with Crippen LogP contribution in [0, 0.1) is 6.92 Å². The Morgan fingerprint density at radius 1 is 1.25 bits per heavy atom. The molecule has 0 saturated carbocycles. The first-order valence-electron chi connectivity index (χ1n) is 8.46. The second-order valence-corrected chi connectivity index (χ2v) is 6.65. The third kappa shape index (κ3) is 2.80. The SMILES string of the molecule is Cc1cn[nH]c1[C@@H]1CCN(C(=O)Cc2ccc3ccccc3c2)C1. The second-order valence-electron chi connectivity index (χ2n) is 6.65. The summed E-state index contributed by atoms with van der Waals surface area (Å²) in [5.41, 5.74) is 3.44. The molecule has 2 aromatic carbocycles. The molecule has 0 aliphatic carbocycles. The summed E-state index contributed by atoms with van der Waals surface area (Å²) in [7, 11) is 0. The predicted molar refractivity (Wildman–Crippen MR) is 94.9 cm³/mol. The van der Waals surface area contributed by atoms with Gasteiger partial charge in [0.2, 0.25) is 5.91 Å². The van der Waals surface area contributed by atoms with Crippen molar-refractivity contribution >= 4 is 16.7 Å². The van der Waals surface area contributed by atoms with Gasteiger partial charge in [-0.1, -0.05) is 42.5 Å². The van der Waals surface area contributed by atoms with E-state index in [2.05, 4.69) is 47.5 Å². The van der Waals surface area contributed by atoms with E-state index < -0.39 is 0 Å². The standard InChI is InChI=1S/C20H21N3O/c1-14-12-21-22-20(14)18-8-9-23(13-18)19(24)11-15-6-7-16-4-2-3-5-17(16)10-15/h2-7,10,12,18H,8-9,11,13H2,1H3,(H,21,22)/t18-/m1/s1. The Kier molecular flexibility index (Phi) is 3.81. The number of aromatic nitrogens is 2. The van der Waals surface area contributed by atoms with Crippen molar-refractivity contribution in [1.82, 2.24) is 15.1 Å². The number of hydrogen-bond donors (Lipinski definition) is 1. The maximum Gasteiger partial charge on any atom is 0.227 e. The summed E-state index contributed by atoms with van der Waals surface area (Å²) in [5, 5.41) is 9.60. The van der Waals surface area contributed by atoms with E-state index in [9.17, 15) is 4.79 Å². The van der Waals surface area contributed by atoms with Crippen LogP contribution in [0.25, 0.3) is 10.8 Å². The number of nitrogens with one attached hydrogen (secondary N) is 1. The van der Waals surface area contributed by atoms with Gasteiger partial charge in [-0.3, -0.25) is 9.89 Å².